The highest BCUT2D eigenvalue weighted by Crippen LogP contribution is 2.53. The van der Waals surface area contributed by atoms with Gasteiger partial charge in [0.25, 0.3) is 0 Å². The molecule has 1 aromatic rings. The first kappa shape index (κ1) is 13.2. The van der Waals surface area contributed by atoms with E-state index >= 15 is 0 Å². The lowest BCUT2D eigenvalue weighted by molar-refractivity contribution is -0.153. The predicted octanol–water partition coefficient (Wildman–Crippen LogP) is 2.03. The number of benzene rings is 1. The second-order valence-corrected chi connectivity index (χ2v) is 6.05. The van der Waals surface area contributed by atoms with Crippen LogP contribution >= 0.6 is 0 Å². The van der Waals surface area contributed by atoms with Gasteiger partial charge in [-0.2, -0.15) is 0 Å². The molecule has 0 spiro atoms. The minimum absolute atomic E-state index is 0.0746. The fourth-order valence-electron chi connectivity index (χ4n) is 3.96. The Morgan fingerprint density at radius 2 is 1.59 bits per heavy atom. The van der Waals surface area contributed by atoms with E-state index in [4.69, 9.17) is 4.74 Å². The highest BCUT2D eigenvalue weighted by molar-refractivity contribution is 5.95. The summed E-state index contributed by atoms with van der Waals surface area (Å²) in [5.41, 5.74) is 1.95. The summed E-state index contributed by atoms with van der Waals surface area (Å²) in [6.45, 7) is 3.85. The summed E-state index contributed by atoms with van der Waals surface area (Å²) in [5, 5.41) is 0. The third-order valence-electron chi connectivity index (χ3n) is 4.91. The molecule has 22 heavy (non-hydrogen) atoms. The Hall–Kier alpha value is -2.43. The van der Waals surface area contributed by atoms with E-state index in [0.29, 0.717) is 12.2 Å². The largest absolute Gasteiger partial charge is 0.431 e. The standard InChI is InChI=1S/C17H14O5/c1-8-15-10-5-3-2-4-9(10)11(6-13(15)17(20)21-8)12-7-14(18)22-16(12)19/h2-5,11-13,15H,1,6-7H2. The number of carbonyl (C=O) groups excluding carboxylic acids is 3. The SMILES string of the molecule is C=C1OC(=O)C2CC(C3CC(=O)OC3=O)c3ccccc3C12. The summed E-state index contributed by atoms with van der Waals surface area (Å²) in [6.07, 6.45) is 0.553. The van der Waals surface area contributed by atoms with E-state index in [-0.39, 0.29) is 30.1 Å². The van der Waals surface area contributed by atoms with Crippen LogP contribution in [0.5, 0.6) is 0 Å². The van der Waals surface area contributed by atoms with Gasteiger partial charge in [-0.1, -0.05) is 30.8 Å². The molecular formula is C17H14O5. The van der Waals surface area contributed by atoms with Gasteiger partial charge in [0.15, 0.2) is 0 Å². The first-order valence-corrected chi connectivity index (χ1v) is 7.30. The summed E-state index contributed by atoms with van der Waals surface area (Å²) in [5.74, 6) is -2.03. The number of ether oxygens (including phenoxy) is 2. The second kappa shape index (κ2) is 4.53. The van der Waals surface area contributed by atoms with Crippen molar-refractivity contribution in [3.63, 3.8) is 0 Å². The van der Waals surface area contributed by atoms with Crippen molar-refractivity contribution in [2.24, 2.45) is 11.8 Å². The van der Waals surface area contributed by atoms with Gasteiger partial charge >= 0.3 is 17.9 Å². The van der Waals surface area contributed by atoms with Crippen LogP contribution in [0.15, 0.2) is 36.6 Å². The van der Waals surface area contributed by atoms with E-state index in [9.17, 15) is 14.4 Å². The van der Waals surface area contributed by atoms with Crippen molar-refractivity contribution in [2.75, 3.05) is 0 Å². The molecule has 0 N–H and O–H groups in total. The molecule has 5 nitrogen and oxygen atoms in total. The minimum Gasteiger partial charge on any atom is -0.431 e. The molecule has 0 radical (unpaired) electrons. The van der Waals surface area contributed by atoms with Gasteiger partial charge in [-0.05, 0) is 23.5 Å². The van der Waals surface area contributed by atoms with Crippen LogP contribution in [0.1, 0.15) is 35.8 Å². The van der Waals surface area contributed by atoms with Gasteiger partial charge in [-0.25, -0.2) is 0 Å². The maximum absolute atomic E-state index is 12.1. The molecule has 1 aromatic carbocycles. The lowest BCUT2D eigenvalue weighted by atomic mass is 9.66. The van der Waals surface area contributed by atoms with Crippen molar-refractivity contribution in [3.8, 4) is 0 Å². The fraction of sp³-hybridized carbons (Fsp3) is 0.353. The Morgan fingerprint density at radius 1 is 0.909 bits per heavy atom. The summed E-state index contributed by atoms with van der Waals surface area (Å²) < 4.78 is 9.90. The minimum atomic E-state index is -0.517. The Balaban J connectivity index is 1.81. The zero-order chi connectivity index (χ0) is 15.4. The Labute approximate surface area is 126 Å². The van der Waals surface area contributed by atoms with Crippen LogP contribution in [0.4, 0.5) is 0 Å². The number of cyclic esters (lactones) is 3. The van der Waals surface area contributed by atoms with Crippen molar-refractivity contribution in [2.45, 2.75) is 24.7 Å². The van der Waals surface area contributed by atoms with E-state index in [0.717, 1.165) is 11.1 Å². The molecule has 2 fully saturated rings. The highest BCUT2D eigenvalue weighted by atomic mass is 16.6. The molecule has 0 aromatic heterocycles. The van der Waals surface area contributed by atoms with Crippen molar-refractivity contribution < 1.29 is 23.9 Å². The third-order valence-corrected chi connectivity index (χ3v) is 4.91. The molecular weight excluding hydrogens is 284 g/mol. The smallest absolute Gasteiger partial charge is 0.317 e. The van der Waals surface area contributed by atoms with Gasteiger partial charge in [-0.3, -0.25) is 14.4 Å². The van der Waals surface area contributed by atoms with Crippen molar-refractivity contribution >= 4 is 17.9 Å². The van der Waals surface area contributed by atoms with Gasteiger partial charge in [0, 0.05) is 0 Å². The topological polar surface area (TPSA) is 69.7 Å². The molecule has 4 rings (SSSR count). The van der Waals surface area contributed by atoms with E-state index in [1.165, 1.54) is 0 Å². The van der Waals surface area contributed by atoms with Crippen LogP contribution in [-0.4, -0.2) is 17.9 Å². The van der Waals surface area contributed by atoms with Crippen LogP contribution in [0.2, 0.25) is 0 Å². The van der Waals surface area contributed by atoms with Gasteiger partial charge in [0.2, 0.25) is 0 Å². The van der Waals surface area contributed by atoms with E-state index in [1.54, 1.807) is 0 Å². The molecule has 1 aliphatic carbocycles. The number of hydrogen-bond acceptors (Lipinski definition) is 5. The Kier molecular flexibility index (Phi) is 2.73. The number of carbonyl (C=O) groups is 3. The third kappa shape index (κ3) is 1.75. The highest BCUT2D eigenvalue weighted by Gasteiger charge is 2.51. The average Bonchev–Trinajstić information content (AvgIpc) is 2.97. The lowest BCUT2D eigenvalue weighted by Gasteiger charge is -2.33. The molecule has 2 aliphatic heterocycles. The summed E-state index contributed by atoms with van der Waals surface area (Å²) >= 11 is 0. The van der Waals surface area contributed by atoms with Crippen LogP contribution in [0.25, 0.3) is 0 Å². The van der Waals surface area contributed by atoms with E-state index in [2.05, 4.69) is 11.3 Å². The lowest BCUT2D eigenvalue weighted by Crippen LogP contribution is -2.30. The molecule has 4 unspecified atom stereocenters. The first-order valence-electron chi connectivity index (χ1n) is 7.30. The van der Waals surface area contributed by atoms with Gasteiger partial charge in [0.1, 0.15) is 5.76 Å². The maximum Gasteiger partial charge on any atom is 0.317 e. The van der Waals surface area contributed by atoms with Gasteiger partial charge in [0.05, 0.1) is 24.2 Å². The molecule has 4 atom stereocenters. The number of fused-ring (bicyclic) bond motifs is 3. The first-order chi connectivity index (χ1) is 10.6. The molecule has 2 heterocycles. The quantitative estimate of drug-likeness (QED) is 0.586. The van der Waals surface area contributed by atoms with Gasteiger partial charge < -0.3 is 9.47 Å². The molecule has 0 saturated carbocycles. The van der Waals surface area contributed by atoms with Crippen molar-refractivity contribution in [3.05, 3.63) is 47.7 Å². The van der Waals surface area contributed by atoms with Crippen LogP contribution in [-0.2, 0) is 23.9 Å². The molecule has 5 heteroatoms. The molecule has 3 aliphatic rings. The number of allylic oxidation sites excluding steroid dienone is 1. The number of esters is 3. The summed E-state index contributed by atoms with van der Waals surface area (Å²) in [6, 6.07) is 7.68. The molecule has 112 valence electrons. The molecule has 0 amide bonds. The molecule has 2 saturated heterocycles. The normalized spacial score (nSPS) is 33.3. The van der Waals surface area contributed by atoms with E-state index < -0.39 is 17.9 Å². The zero-order valence-electron chi connectivity index (χ0n) is 11.8. The van der Waals surface area contributed by atoms with Gasteiger partial charge in [-0.15, -0.1) is 0 Å². The number of rotatable bonds is 1. The summed E-state index contributed by atoms with van der Waals surface area (Å²) in [4.78, 5) is 35.4. The van der Waals surface area contributed by atoms with Crippen molar-refractivity contribution in [1.29, 1.82) is 0 Å². The van der Waals surface area contributed by atoms with Crippen LogP contribution in [0.3, 0.4) is 0 Å². The zero-order valence-corrected chi connectivity index (χ0v) is 11.8. The Morgan fingerprint density at radius 3 is 2.27 bits per heavy atom. The van der Waals surface area contributed by atoms with Crippen LogP contribution < -0.4 is 0 Å². The monoisotopic (exact) mass is 298 g/mol. The second-order valence-electron chi connectivity index (χ2n) is 6.05. The Bertz CT molecular complexity index is 720. The molecule has 0 bridgehead atoms. The summed E-state index contributed by atoms with van der Waals surface area (Å²) in [7, 11) is 0. The van der Waals surface area contributed by atoms with Crippen LogP contribution in [0, 0.1) is 11.8 Å². The fourth-order valence-corrected chi connectivity index (χ4v) is 3.96. The van der Waals surface area contributed by atoms with Crippen molar-refractivity contribution in [1.82, 2.24) is 0 Å². The predicted molar refractivity (Wildman–Crippen MR) is 74.5 cm³/mol. The van der Waals surface area contributed by atoms with E-state index in [1.807, 2.05) is 24.3 Å². The number of hydrogen-bond donors (Lipinski definition) is 0. The average molecular weight is 298 g/mol. The maximum atomic E-state index is 12.1.